The molecule has 0 aromatic carbocycles. The second-order valence-corrected chi connectivity index (χ2v) is 7.93. The molecule has 0 saturated heterocycles. The first-order valence-corrected chi connectivity index (χ1v) is 9.21. The number of rotatable bonds is 7. The Hall–Kier alpha value is -2.27. The van der Waals surface area contributed by atoms with Gasteiger partial charge in [-0.3, -0.25) is 0 Å². The van der Waals surface area contributed by atoms with E-state index in [2.05, 4.69) is 24.7 Å². The predicted octanol–water partition coefficient (Wildman–Crippen LogP) is 0.260. The molecule has 0 aliphatic carbocycles. The van der Waals surface area contributed by atoms with Crippen LogP contribution < -0.4 is 14.5 Å². The largest absolute Gasteiger partial charge is 0.347 e. The van der Waals surface area contributed by atoms with Crippen molar-refractivity contribution in [3.63, 3.8) is 0 Å². The highest BCUT2D eigenvalue weighted by atomic mass is 32.2. The van der Waals surface area contributed by atoms with Gasteiger partial charge in [-0.15, -0.1) is 0 Å². The normalized spacial score (nSPS) is 11.8. The number of nitrogens with one attached hydrogen (secondary N) is 1. The van der Waals surface area contributed by atoms with Crippen LogP contribution in [0.1, 0.15) is 25.7 Å². The molecule has 2 aromatic heterocycles. The molecule has 0 spiro atoms. The van der Waals surface area contributed by atoms with E-state index >= 15 is 0 Å². The molecular weight excluding hydrogens is 344 g/mol. The molecule has 2 aromatic rings. The predicted molar refractivity (Wildman–Crippen MR) is 95.1 cm³/mol. The van der Waals surface area contributed by atoms with Crippen molar-refractivity contribution in [2.24, 2.45) is 0 Å². The molecule has 10 nitrogen and oxygen atoms in total. The summed E-state index contributed by atoms with van der Waals surface area (Å²) >= 11 is 0. The van der Waals surface area contributed by atoms with E-state index in [1.54, 1.807) is 42.6 Å². The summed E-state index contributed by atoms with van der Waals surface area (Å²) in [6.07, 6.45) is 2.99. The Kier molecular flexibility index (Phi) is 5.58. The van der Waals surface area contributed by atoms with Gasteiger partial charge in [0, 0.05) is 40.4 Å². The first kappa shape index (κ1) is 19.1. The van der Waals surface area contributed by atoms with Gasteiger partial charge in [0.2, 0.25) is 11.9 Å². The Morgan fingerprint density at radius 1 is 1.08 bits per heavy atom. The molecule has 1 N–H and O–H groups in total. The molecule has 11 heteroatoms. The fourth-order valence-corrected chi connectivity index (χ4v) is 2.76. The molecular formula is C14H24N8O2S. The number of imidazole rings is 1. The van der Waals surface area contributed by atoms with Gasteiger partial charge in [0.15, 0.2) is 10.9 Å². The number of anilines is 2. The molecule has 2 heterocycles. The van der Waals surface area contributed by atoms with Crippen molar-refractivity contribution < 1.29 is 8.42 Å². The lowest BCUT2D eigenvalue weighted by Crippen LogP contribution is -2.26. The van der Waals surface area contributed by atoms with E-state index < -0.39 is 10.0 Å². The molecule has 0 fully saturated rings. The summed E-state index contributed by atoms with van der Waals surface area (Å²) < 4.78 is 29.0. The van der Waals surface area contributed by atoms with Gasteiger partial charge in [-0.2, -0.15) is 15.0 Å². The first-order chi connectivity index (χ1) is 11.6. The third kappa shape index (κ3) is 4.63. The highest BCUT2D eigenvalue weighted by Gasteiger charge is 2.19. The van der Waals surface area contributed by atoms with Crippen LogP contribution in [0.4, 0.5) is 11.9 Å². The van der Waals surface area contributed by atoms with Gasteiger partial charge in [-0.25, -0.2) is 18.1 Å². The highest BCUT2D eigenvalue weighted by Crippen LogP contribution is 2.13. The summed E-state index contributed by atoms with van der Waals surface area (Å²) in [6.45, 7) is 3.84. The first-order valence-electron chi connectivity index (χ1n) is 7.73. The van der Waals surface area contributed by atoms with Gasteiger partial charge in [-0.05, 0) is 13.8 Å². The Morgan fingerprint density at radius 3 is 2.08 bits per heavy atom. The van der Waals surface area contributed by atoms with Crippen molar-refractivity contribution in [3.05, 3.63) is 18.3 Å². The number of nitrogens with zero attached hydrogens (tertiary/aromatic N) is 7. The van der Waals surface area contributed by atoms with Crippen LogP contribution in [-0.4, -0.2) is 61.1 Å². The molecule has 0 unspecified atom stereocenters. The summed E-state index contributed by atoms with van der Waals surface area (Å²) in [4.78, 5) is 20.3. The van der Waals surface area contributed by atoms with Crippen molar-refractivity contribution in [3.8, 4) is 0 Å². The van der Waals surface area contributed by atoms with Crippen molar-refractivity contribution in [2.75, 3.05) is 38.0 Å². The van der Waals surface area contributed by atoms with E-state index in [1.165, 1.54) is 12.5 Å². The number of aromatic nitrogens is 5. The average Bonchev–Trinajstić information content (AvgIpc) is 3.04. The minimum absolute atomic E-state index is 0.0316. The fraction of sp³-hybridized carbons (Fsp3) is 0.571. The average molecular weight is 368 g/mol. The number of sulfonamides is 1. The van der Waals surface area contributed by atoms with Crippen LogP contribution in [0.5, 0.6) is 0 Å². The SMILES string of the molecule is CC(C)n1cnc(S(=O)(=O)NCc2nc(N(C)C)nc(N(C)C)n2)c1. The van der Waals surface area contributed by atoms with E-state index in [0.29, 0.717) is 17.7 Å². The van der Waals surface area contributed by atoms with E-state index in [9.17, 15) is 8.42 Å². The van der Waals surface area contributed by atoms with Gasteiger partial charge in [0.1, 0.15) is 0 Å². The second-order valence-electron chi connectivity index (χ2n) is 6.22. The Labute approximate surface area is 148 Å². The van der Waals surface area contributed by atoms with E-state index in [1.807, 2.05) is 13.8 Å². The van der Waals surface area contributed by atoms with E-state index in [0.717, 1.165) is 0 Å². The zero-order chi connectivity index (χ0) is 18.8. The van der Waals surface area contributed by atoms with Crippen molar-refractivity contribution >= 4 is 21.9 Å². The fourth-order valence-electron chi connectivity index (χ4n) is 1.85. The summed E-state index contributed by atoms with van der Waals surface area (Å²) in [5.74, 6) is 1.24. The molecule has 25 heavy (non-hydrogen) atoms. The summed E-state index contributed by atoms with van der Waals surface area (Å²) in [7, 11) is 3.48. The van der Waals surface area contributed by atoms with Crippen LogP contribution in [0.15, 0.2) is 17.6 Å². The minimum atomic E-state index is -3.75. The lowest BCUT2D eigenvalue weighted by atomic mass is 10.4. The lowest BCUT2D eigenvalue weighted by Gasteiger charge is -2.16. The van der Waals surface area contributed by atoms with Crippen LogP contribution in [0.3, 0.4) is 0 Å². The van der Waals surface area contributed by atoms with Crippen LogP contribution in [0, 0.1) is 0 Å². The summed E-state index contributed by atoms with van der Waals surface area (Å²) in [5, 5.41) is -0.0316. The van der Waals surface area contributed by atoms with Crippen molar-refractivity contribution in [1.82, 2.24) is 29.2 Å². The Bertz CT molecular complexity index is 803. The Morgan fingerprint density at radius 2 is 1.64 bits per heavy atom. The van der Waals surface area contributed by atoms with Gasteiger partial charge >= 0.3 is 0 Å². The van der Waals surface area contributed by atoms with Gasteiger partial charge in [-0.1, -0.05) is 0 Å². The molecule has 138 valence electrons. The van der Waals surface area contributed by atoms with Crippen molar-refractivity contribution in [2.45, 2.75) is 31.5 Å². The molecule has 0 aliphatic rings. The van der Waals surface area contributed by atoms with E-state index in [-0.39, 0.29) is 17.6 Å². The third-order valence-electron chi connectivity index (χ3n) is 3.33. The van der Waals surface area contributed by atoms with Crippen molar-refractivity contribution in [1.29, 1.82) is 0 Å². The van der Waals surface area contributed by atoms with Crippen LogP contribution >= 0.6 is 0 Å². The molecule has 0 atom stereocenters. The molecule has 0 bridgehead atoms. The molecule has 2 rings (SSSR count). The maximum absolute atomic E-state index is 12.4. The van der Waals surface area contributed by atoms with Gasteiger partial charge < -0.3 is 14.4 Å². The van der Waals surface area contributed by atoms with Crippen LogP contribution in [-0.2, 0) is 16.6 Å². The maximum Gasteiger partial charge on any atom is 0.259 e. The zero-order valence-electron chi connectivity index (χ0n) is 15.3. The van der Waals surface area contributed by atoms with Gasteiger partial charge in [0.05, 0.1) is 12.9 Å². The quantitative estimate of drug-likeness (QED) is 0.741. The summed E-state index contributed by atoms with van der Waals surface area (Å²) in [6, 6.07) is 0.130. The van der Waals surface area contributed by atoms with Crippen LogP contribution in [0.2, 0.25) is 0 Å². The second kappa shape index (κ2) is 7.31. The van der Waals surface area contributed by atoms with Crippen LogP contribution in [0.25, 0.3) is 0 Å². The molecule has 0 aliphatic heterocycles. The monoisotopic (exact) mass is 368 g/mol. The Balaban J connectivity index is 2.21. The van der Waals surface area contributed by atoms with Gasteiger partial charge in [0.25, 0.3) is 10.0 Å². The molecule has 0 amide bonds. The topological polar surface area (TPSA) is 109 Å². The smallest absolute Gasteiger partial charge is 0.259 e. The number of hydrogen-bond acceptors (Lipinski definition) is 8. The van der Waals surface area contributed by atoms with E-state index in [4.69, 9.17) is 0 Å². The maximum atomic E-state index is 12.4. The standard InChI is InChI=1S/C14H24N8O2S/c1-10(2)22-8-12(15-9-22)25(23,24)16-7-11-17-13(20(3)4)19-14(18-11)21(5)6/h8-10,16H,7H2,1-6H3. The third-order valence-corrected chi connectivity index (χ3v) is 4.61. The lowest BCUT2D eigenvalue weighted by molar-refractivity contribution is 0.573. The number of hydrogen-bond donors (Lipinski definition) is 1. The zero-order valence-corrected chi connectivity index (χ0v) is 16.1. The molecule has 0 saturated carbocycles. The minimum Gasteiger partial charge on any atom is -0.347 e. The molecule has 0 radical (unpaired) electrons. The summed E-state index contributed by atoms with van der Waals surface area (Å²) in [5.41, 5.74) is 0. The highest BCUT2D eigenvalue weighted by molar-refractivity contribution is 7.89.